The molecule has 1 unspecified atom stereocenters. The summed E-state index contributed by atoms with van der Waals surface area (Å²) in [5.41, 5.74) is -0.600. The minimum atomic E-state index is -2.55. The third-order valence-corrected chi connectivity index (χ3v) is 8.48. The monoisotopic (exact) mass is 393 g/mol. The second-order valence-corrected chi connectivity index (χ2v) is 10.9. The van der Waals surface area contributed by atoms with Gasteiger partial charge < -0.3 is 9.47 Å². The van der Waals surface area contributed by atoms with Crippen LogP contribution >= 0.6 is 7.05 Å². The Kier molecular flexibility index (Phi) is 4.76. The molecule has 0 spiro atoms. The van der Waals surface area contributed by atoms with Gasteiger partial charge in [-0.25, -0.2) is 4.79 Å². The molecule has 4 nitrogen and oxygen atoms in total. The molecule has 0 fully saturated rings. The minimum Gasteiger partial charge on any atom is -0.456 e. The Hall–Kier alpha value is -2.58. The van der Waals surface area contributed by atoms with Crippen LogP contribution in [0.25, 0.3) is 0 Å². The first-order valence-corrected chi connectivity index (χ1v) is 11.2. The molecule has 2 aliphatic rings. The van der Waals surface area contributed by atoms with Gasteiger partial charge in [0, 0.05) is 15.9 Å². The molecular weight excluding hydrogens is 369 g/mol. The average molecular weight is 393 g/mol. The van der Waals surface area contributed by atoms with E-state index in [-0.39, 0.29) is 0 Å². The van der Waals surface area contributed by atoms with Crippen LogP contribution in [0, 0.1) is 0 Å². The van der Waals surface area contributed by atoms with Crippen molar-refractivity contribution < 1.29 is 14.3 Å². The fourth-order valence-corrected chi connectivity index (χ4v) is 7.38. The van der Waals surface area contributed by atoms with E-state index in [1.54, 1.807) is 0 Å². The highest BCUT2D eigenvalue weighted by Crippen LogP contribution is 2.62. The highest BCUT2D eigenvalue weighted by molar-refractivity contribution is 7.85. The lowest BCUT2D eigenvalue weighted by atomic mass is 10.1. The van der Waals surface area contributed by atoms with Crippen LogP contribution in [-0.4, -0.2) is 11.7 Å². The van der Waals surface area contributed by atoms with Crippen molar-refractivity contribution in [2.45, 2.75) is 39.2 Å². The molecule has 1 aliphatic heterocycles. The SMILES string of the molecule is CC(C)(C)OC(=O)N=P1(c2ccccc2)C2=C(C=CCC2)Oc2ccccc21. The molecule has 28 heavy (non-hydrogen) atoms. The van der Waals surface area contributed by atoms with Crippen LogP contribution in [0.1, 0.15) is 33.6 Å². The number of benzene rings is 2. The Morgan fingerprint density at radius 3 is 2.54 bits per heavy atom. The molecule has 0 saturated heterocycles. The van der Waals surface area contributed by atoms with Gasteiger partial charge in [0.2, 0.25) is 0 Å². The molecule has 5 heteroatoms. The average Bonchev–Trinajstić information content (AvgIpc) is 2.67. The first-order chi connectivity index (χ1) is 13.4. The molecule has 0 N–H and O–H groups in total. The number of fused-ring (bicyclic) bond motifs is 1. The summed E-state index contributed by atoms with van der Waals surface area (Å²) in [6.45, 7) is 5.58. The third-order valence-electron chi connectivity index (χ3n) is 4.68. The van der Waals surface area contributed by atoms with Crippen molar-refractivity contribution in [2.24, 2.45) is 4.74 Å². The standard InChI is InChI=1S/C23H24NO3P/c1-23(2,3)27-22(25)24-28(17-11-5-4-6-12-17)20-15-9-7-13-18(20)26-19-14-8-10-16-21(19)28/h4-9,11-15H,10,16H2,1-3H3. The number of rotatable bonds is 1. The number of allylic oxidation sites excluding steroid dienone is 3. The van der Waals surface area contributed by atoms with E-state index < -0.39 is 18.7 Å². The number of amides is 1. The van der Waals surface area contributed by atoms with E-state index in [1.807, 2.05) is 69.3 Å². The van der Waals surface area contributed by atoms with Crippen LogP contribution in [0.15, 0.2) is 82.6 Å². The van der Waals surface area contributed by atoms with Crippen LogP contribution in [0.5, 0.6) is 5.75 Å². The second-order valence-electron chi connectivity index (χ2n) is 7.87. The molecule has 144 valence electrons. The summed E-state index contributed by atoms with van der Waals surface area (Å²) in [5.74, 6) is 1.58. The van der Waals surface area contributed by atoms with Crippen molar-refractivity contribution in [3.63, 3.8) is 0 Å². The summed E-state index contributed by atoms with van der Waals surface area (Å²) in [4.78, 5) is 12.9. The number of ether oxygens (including phenoxy) is 2. The summed E-state index contributed by atoms with van der Waals surface area (Å²) in [7, 11) is -2.55. The molecule has 0 radical (unpaired) electrons. The molecule has 2 aromatic rings. The molecule has 1 atom stereocenters. The zero-order valence-electron chi connectivity index (χ0n) is 16.4. The number of para-hydroxylation sites is 1. The van der Waals surface area contributed by atoms with Crippen LogP contribution in [0.3, 0.4) is 0 Å². The van der Waals surface area contributed by atoms with Crippen molar-refractivity contribution >= 4 is 23.8 Å². The zero-order valence-corrected chi connectivity index (χ0v) is 17.3. The van der Waals surface area contributed by atoms with Gasteiger partial charge in [0.15, 0.2) is 0 Å². The maximum Gasteiger partial charge on any atom is 0.433 e. The van der Waals surface area contributed by atoms with Crippen molar-refractivity contribution in [2.75, 3.05) is 0 Å². The van der Waals surface area contributed by atoms with E-state index in [2.05, 4.69) is 18.2 Å². The number of hydrogen-bond donors (Lipinski definition) is 0. The zero-order chi connectivity index (χ0) is 19.8. The Morgan fingerprint density at radius 1 is 1.07 bits per heavy atom. The predicted octanol–water partition coefficient (Wildman–Crippen LogP) is 5.73. The summed E-state index contributed by atoms with van der Waals surface area (Å²) in [5, 5.41) is 3.12. The molecule has 4 rings (SSSR count). The number of nitrogens with zero attached hydrogens (tertiary/aromatic N) is 1. The number of carbonyl (C=O) groups excluding carboxylic acids is 1. The largest absolute Gasteiger partial charge is 0.456 e. The Balaban J connectivity index is 2.06. The fourth-order valence-electron chi connectivity index (χ4n) is 3.63. The molecule has 1 amide bonds. The van der Waals surface area contributed by atoms with Gasteiger partial charge in [0.05, 0.1) is 7.05 Å². The van der Waals surface area contributed by atoms with E-state index in [0.29, 0.717) is 0 Å². The van der Waals surface area contributed by atoms with Gasteiger partial charge in [0.25, 0.3) is 0 Å². The van der Waals surface area contributed by atoms with Crippen molar-refractivity contribution in [1.29, 1.82) is 0 Å². The van der Waals surface area contributed by atoms with Crippen LogP contribution in [0.2, 0.25) is 0 Å². The molecule has 1 heterocycles. The van der Waals surface area contributed by atoms with E-state index in [1.165, 1.54) is 0 Å². The van der Waals surface area contributed by atoms with Gasteiger partial charge in [-0.05, 0) is 51.8 Å². The highest BCUT2D eigenvalue weighted by Gasteiger charge is 2.39. The van der Waals surface area contributed by atoms with E-state index >= 15 is 0 Å². The van der Waals surface area contributed by atoms with E-state index in [4.69, 9.17) is 14.2 Å². The lowest BCUT2D eigenvalue weighted by molar-refractivity contribution is 0.0607. The first kappa shape index (κ1) is 18.8. The summed E-state index contributed by atoms with van der Waals surface area (Å²) in [6.07, 6.45) is 5.32. The fraction of sp³-hybridized carbons (Fsp3) is 0.261. The topological polar surface area (TPSA) is 47.9 Å². The van der Waals surface area contributed by atoms with Gasteiger partial charge in [-0.3, -0.25) is 0 Å². The molecular formula is C23H24NO3P. The summed E-state index contributed by atoms with van der Waals surface area (Å²) >= 11 is 0. The molecule has 2 aromatic carbocycles. The van der Waals surface area contributed by atoms with E-state index in [9.17, 15) is 4.79 Å². The summed E-state index contributed by atoms with van der Waals surface area (Å²) in [6, 6.07) is 18.0. The van der Waals surface area contributed by atoms with E-state index in [0.717, 1.165) is 40.3 Å². The third kappa shape index (κ3) is 3.33. The van der Waals surface area contributed by atoms with Crippen molar-refractivity contribution in [3.8, 4) is 5.75 Å². The van der Waals surface area contributed by atoms with Crippen LogP contribution in [-0.2, 0) is 4.74 Å². The van der Waals surface area contributed by atoms with Gasteiger partial charge in [-0.15, -0.1) is 0 Å². The molecule has 0 saturated carbocycles. The maximum absolute atomic E-state index is 12.9. The Labute approximate surface area is 165 Å². The minimum absolute atomic E-state index is 0.525. The molecule has 0 bridgehead atoms. The normalized spacial score (nSPS) is 20.7. The Bertz CT molecular complexity index is 1030. The van der Waals surface area contributed by atoms with Crippen LogP contribution < -0.4 is 15.3 Å². The predicted molar refractivity (Wildman–Crippen MR) is 114 cm³/mol. The quantitative estimate of drug-likeness (QED) is 0.582. The Morgan fingerprint density at radius 2 is 1.79 bits per heavy atom. The van der Waals surface area contributed by atoms with Gasteiger partial charge in [-0.2, -0.15) is 4.74 Å². The lowest BCUT2D eigenvalue weighted by Gasteiger charge is -2.36. The smallest absolute Gasteiger partial charge is 0.433 e. The molecule has 1 aliphatic carbocycles. The number of carbonyl (C=O) groups is 1. The lowest BCUT2D eigenvalue weighted by Crippen LogP contribution is -2.28. The number of hydrogen-bond acceptors (Lipinski definition) is 3. The maximum atomic E-state index is 12.9. The molecule has 0 aromatic heterocycles. The van der Waals surface area contributed by atoms with Crippen molar-refractivity contribution in [3.05, 3.63) is 77.8 Å². The van der Waals surface area contributed by atoms with Crippen molar-refractivity contribution in [1.82, 2.24) is 0 Å². The highest BCUT2D eigenvalue weighted by atomic mass is 31.2. The second kappa shape index (κ2) is 7.10. The van der Waals surface area contributed by atoms with Crippen LogP contribution in [0.4, 0.5) is 4.79 Å². The van der Waals surface area contributed by atoms with Gasteiger partial charge in [-0.1, -0.05) is 48.5 Å². The summed E-state index contributed by atoms with van der Waals surface area (Å²) < 4.78 is 16.7. The van der Waals surface area contributed by atoms with Gasteiger partial charge >= 0.3 is 6.09 Å². The van der Waals surface area contributed by atoms with Gasteiger partial charge in [0.1, 0.15) is 17.1 Å². The first-order valence-electron chi connectivity index (χ1n) is 9.49.